The van der Waals surface area contributed by atoms with Gasteiger partial charge in [-0.3, -0.25) is 10.1 Å². The molecule has 0 spiro atoms. The van der Waals surface area contributed by atoms with E-state index < -0.39 is 14.9 Å². The third kappa shape index (κ3) is 2.35. The van der Waals surface area contributed by atoms with Gasteiger partial charge in [0.1, 0.15) is 0 Å². The molecule has 2 rings (SSSR count). The summed E-state index contributed by atoms with van der Waals surface area (Å²) in [5.74, 6) is 0. The van der Waals surface area contributed by atoms with Gasteiger partial charge in [0.25, 0.3) is 5.69 Å². The second-order valence-corrected chi connectivity index (χ2v) is 5.97. The summed E-state index contributed by atoms with van der Waals surface area (Å²) in [7, 11) is -3.75. The van der Waals surface area contributed by atoms with Crippen molar-refractivity contribution in [2.24, 2.45) is 5.73 Å². The fraction of sp³-hybridized carbons (Fsp3) is 0.400. The summed E-state index contributed by atoms with van der Waals surface area (Å²) < 4.78 is 26.5. The Balaban J connectivity index is 2.38. The number of hydrogen-bond acceptors (Lipinski definition) is 5. The van der Waals surface area contributed by atoms with E-state index in [1.165, 1.54) is 25.1 Å². The predicted molar refractivity (Wildman–Crippen MR) is 64.5 cm³/mol. The maximum atomic E-state index is 12.0. The zero-order chi connectivity index (χ0) is 13.5. The van der Waals surface area contributed by atoms with Gasteiger partial charge in [0, 0.05) is 23.7 Å². The number of hydrogen-bond donors (Lipinski definition) is 2. The maximum Gasteiger partial charge on any atom is 0.273 e. The van der Waals surface area contributed by atoms with Crippen molar-refractivity contribution in [2.75, 3.05) is 0 Å². The van der Waals surface area contributed by atoms with Crippen molar-refractivity contribution in [1.82, 2.24) is 4.72 Å². The maximum absolute atomic E-state index is 12.0. The van der Waals surface area contributed by atoms with E-state index in [1.54, 1.807) is 0 Å². The van der Waals surface area contributed by atoms with Crippen molar-refractivity contribution >= 4 is 15.7 Å². The van der Waals surface area contributed by atoms with Gasteiger partial charge < -0.3 is 5.73 Å². The van der Waals surface area contributed by atoms with Crippen LogP contribution in [0.4, 0.5) is 5.69 Å². The highest BCUT2D eigenvalue weighted by Crippen LogP contribution is 2.27. The summed E-state index contributed by atoms with van der Waals surface area (Å²) >= 11 is 0. The van der Waals surface area contributed by atoms with Gasteiger partial charge in [-0.1, -0.05) is 6.07 Å². The first-order valence-corrected chi connectivity index (χ1v) is 6.83. The van der Waals surface area contributed by atoms with E-state index in [1.807, 2.05) is 0 Å². The first-order chi connectivity index (χ1) is 8.33. The molecule has 1 fully saturated rings. The monoisotopic (exact) mass is 271 g/mol. The molecule has 18 heavy (non-hydrogen) atoms. The highest BCUT2D eigenvalue weighted by atomic mass is 32.2. The second-order valence-electron chi connectivity index (χ2n) is 4.28. The molecular formula is C10H13N3O4S. The molecule has 0 radical (unpaired) electrons. The van der Waals surface area contributed by atoms with Crippen LogP contribution in [0.3, 0.4) is 0 Å². The van der Waals surface area contributed by atoms with E-state index in [0.29, 0.717) is 6.42 Å². The van der Waals surface area contributed by atoms with Gasteiger partial charge in [-0.25, -0.2) is 13.1 Å². The molecule has 2 unspecified atom stereocenters. The molecule has 0 bridgehead atoms. The predicted octanol–water partition coefficient (Wildman–Crippen LogP) is 0.281. The van der Waals surface area contributed by atoms with Crippen LogP contribution in [0, 0.1) is 17.0 Å². The van der Waals surface area contributed by atoms with E-state index in [-0.39, 0.29) is 28.2 Å². The van der Waals surface area contributed by atoms with E-state index in [2.05, 4.69) is 4.72 Å². The van der Waals surface area contributed by atoms with Crippen LogP contribution < -0.4 is 10.5 Å². The summed E-state index contributed by atoms with van der Waals surface area (Å²) in [4.78, 5) is 10.1. The van der Waals surface area contributed by atoms with E-state index in [4.69, 9.17) is 5.73 Å². The quantitative estimate of drug-likeness (QED) is 0.603. The Labute approximate surface area is 104 Å². The van der Waals surface area contributed by atoms with Gasteiger partial charge >= 0.3 is 0 Å². The minimum absolute atomic E-state index is 0.0733. The van der Waals surface area contributed by atoms with Gasteiger partial charge in [-0.2, -0.15) is 0 Å². The molecule has 0 aliphatic heterocycles. The van der Waals surface area contributed by atoms with Crippen molar-refractivity contribution in [3.63, 3.8) is 0 Å². The zero-order valence-corrected chi connectivity index (χ0v) is 10.5. The number of sulfonamides is 1. The van der Waals surface area contributed by atoms with Gasteiger partial charge in [-0.05, 0) is 19.4 Å². The van der Waals surface area contributed by atoms with Crippen LogP contribution >= 0.6 is 0 Å². The number of nitrogens with one attached hydrogen (secondary N) is 1. The van der Waals surface area contributed by atoms with Crippen molar-refractivity contribution < 1.29 is 13.3 Å². The number of rotatable bonds is 4. The second kappa shape index (κ2) is 4.30. The largest absolute Gasteiger partial charge is 0.326 e. The molecule has 2 atom stereocenters. The van der Waals surface area contributed by atoms with Crippen molar-refractivity contribution in [2.45, 2.75) is 30.3 Å². The first kappa shape index (κ1) is 12.9. The van der Waals surface area contributed by atoms with Gasteiger partial charge in [-0.15, -0.1) is 0 Å². The molecule has 0 saturated heterocycles. The molecule has 0 amide bonds. The molecule has 0 heterocycles. The lowest BCUT2D eigenvalue weighted by Gasteiger charge is -2.08. The molecular weight excluding hydrogens is 258 g/mol. The van der Waals surface area contributed by atoms with Crippen molar-refractivity contribution in [3.8, 4) is 0 Å². The fourth-order valence-corrected chi connectivity index (χ4v) is 3.27. The lowest BCUT2D eigenvalue weighted by atomic mass is 10.2. The normalized spacial score (nSPS) is 22.8. The molecule has 1 aromatic rings. The summed E-state index contributed by atoms with van der Waals surface area (Å²) in [6, 6.07) is 3.54. The number of nitrogens with two attached hydrogens (primary N) is 1. The number of nitro benzene ring substituents is 1. The van der Waals surface area contributed by atoms with Crippen LogP contribution in [0.15, 0.2) is 23.1 Å². The Kier molecular flexibility index (Phi) is 3.09. The smallest absolute Gasteiger partial charge is 0.273 e. The molecule has 7 nitrogen and oxygen atoms in total. The van der Waals surface area contributed by atoms with Crippen LogP contribution in [-0.2, 0) is 10.0 Å². The average Bonchev–Trinajstić information content (AvgIpc) is 2.92. The van der Waals surface area contributed by atoms with E-state index >= 15 is 0 Å². The fourth-order valence-electron chi connectivity index (χ4n) is 1.70. The van der Waals surface area contributed by atoms with Crippen LogP contribution in [0.5, 0.6) is 0 Å². The third-order valence-corrected chi connectivity index (χ3v) is 4.52. The number of nitrogens with zero attached hydrogens (tertiary/aromatic N) is 1. The molecule has 98 valence electrons. The van der Waals surface area contributed by atoms with E-state index in [0.717, 1.165) is 0 Å². The summed E-state index contributed by atoms with van der Waals surface area (Å²) in [5.41, 5.74) is 5.45. The lowest BCUT2D eigenvalue weighted by molar-refractivity contribution is -0.385. The van der Waals surface area contributed by atoms with Crippen LogP contribution in [0.25, 0.3) is 0 Å². The summed E-state index contributed by atoms with van der Waals surface area (Å²) in [6.07, 6.45) is 0.590. The topological polar surface area (TPSA) is 115 Å². The SMILES string of the molecule is Cc1c([N+](=O)[O-])cccc1S(=O)(=O)NC1CC1N. The molecule has 1 saturated carbocycles. The van der Waals surface area contributed by atoms with Crippen LogP contribution in [-0.4, -0.2) is 25.4 Å². The minimum Gasteiger partial charge on any atom is -0.326 e. The third-order valence-electron chi connectivity index (χ3n) is 2.89. The highest BCUT2D eigenvalue weighted by Gasteiger charge is 2.38. The van der Waals surface area contributed by atoms with Crippen LogP contribution in [0.1, 0.15) is 12.0 Å². The Morgan fingerprint density at radius 3 is 2.61 bits per heavy atom. The van der Waals surface area contributed by atoms with Crippen molar-refractivity contribution in [3.05, 3.63) is 33.9 Å². The van der Waals surface area contributed by atoms with Crippen molar-refractivity contribution in [1.29, 1.82) is 0 Å². The molecule has 1 aromatic carbocycles. The molecule has 1 aliphatic carbocycles. The zero-order valence-electron chi connectivity index (χ0n) is 9.66. The molecule has 0 aromatic heterocycles. The van der Waals surface area contributed by atoms with Crippen LogP contribution in [0.2, 0.25) is 0 Å². The minimum atomic E-state index is -3.75. The molecule has 1 aliphatic rings. The standard InChI is InChI=1S/C10H13N3O4S/c1-6-9(13(14)15)3-2-4-10(6)18(16,17)12-8-5-7(8)11/h2-4,7-8,12H,5,11H2,1H3. The lowest BCUT2D eigenvalue weighted by Crippen LogP contribution is -2.30. The van der Waals surface area contributed by atoms with Gasteiger partial charge in [0.2, 0.25) is 10.0 Å². The molecule has 3 N–H and O–H groups in total. The molecule has 8 heteroatoms. The first-order valence-electron chi connectivity index (χ1n) is 5.35. The Morgan fingerprint density at radius 1 is 1.50 bits per heavy atom. The number of nitro groups is 1. The summed E-state index contributed by atoms with van der Waals surface area (Å²) in [6.45, 7) is 1.42. The van der Waals surface area contributed by atoms with Gasteiger partial charge in [0.05, 0.1) is 9.82 Å². The summed E-state index contributed by atoms with van der Waals surface area (Å²) in [5, 5.41) is 10.8. The Hall–Kier alpha value is -1.51. The average molecular weight is 271 g/mol. The Bertz CT molecular complexity index is 599. The Morgan fingerprint density at radius 2 is 2.11 bits per heavy atom. The van der Waals surface area contributed by atoms with E-state index in [9.17, 15) is 18.5 Å². The highest BCUT2D eigenvalue weighted by molar-refractivity contribution is 7.89. The number of benzene rings is 1. The van der Waals surface area contributed by atoms with Gasteiger partial charge in [0.15, 0.2) is 0 Å².